The summed E-state index contributed by atoms with van der Waals surface area (Å²) in [5, 5.41) is 23.3. The van der Waals surface area contributed by atoms with Crippen LogP contribution in [0.5, 0.6) is 5.75 Å². The van der Waals surface area contributed by atoms with Crippen LogP contribution in [0.4, 0.5) is 34.6 Å². The van der Waals surface area contributed by atoms with Crippen LogP contribution in [0.1, 0.15) is 5.82 Å². The third-order valence-electron chi connectivity index (χ3n) is 5.49. The molecular formula is C22H19N8Na3O10S3. The molecule has 3 aromatic carbocycles. The Bertz CT molecular complexity index is 2120. The largest absolute Gasteiger partial charge is 1.00 e. The van der Waals surface area contributed by atoms with E-state index >= 15 is 0 Å². The van der Waals surface area contributed by atoms with E-state index in [4.69, 9.17) is 5.73 Å². The number of nitrogens with zero attached hydrogens (tertiary/aromatic N) is 5. The molecule has 0 spiro atoms. The molecule has 5 N–H and O–H groups in total. The first-order valence-electron chi connectivity index (χ1n) is 11.6. The Morgan fingerprint density at radius 1 is 0.848 bits per heavy atom. The summed E-state index contributed by atoms with van der Waals surface area (Å²) in [6.45, 7) is 1.20. The topological polar surface area (TPSA) is 305 Å². The van der Waals surface area contributed by atoms with Gasteiger partial charge in [0.05, 0.1) is 36.7 Å². The number of benzene rings is 3. The number of anilines is 4. The van der Waals surface area contributed by atoms with Gasteiger partial charge < -0.3 is 35.1 Å². The average Bonchev–Trinajstić information content (AvgIpc) is 2.86. The average molecular weight is 721 g/mol. The third kappa shape index (κ3) is 11.3. The van der Waals surface area contributed by atoms with E-state index in [0.29, 0.717) is 6.07 Å². The zero-order valence-corrected chi connectivity index (χ0v) is 33.1. The van der Waals surface area contributed by atoms with Crippen LogP contribution >= 0.6 is 0 Å². The van der Waals surface area contributed by atoms with Gasteiger partial charge in [0.15, 0.2) is 0 Å². The molecule has 0 saturated carbocycles. The fourth-order valence-electron chi connectivity index (χ4n) is 3.68. The first-order valence-corrected chi connectivity index (χ1v) is 16.0. The summed E-state index contributed by atoms with van der Waals surface area (Å²) in [6.07, 6.45) is 0. The van der Waals surface area contributed by atoms with Crippen molar-refractivity contribution in [1.29, 1.82) is 0 Å². The molecular weight excluding hydrogens is 701 g/mol. The van der Waals surface area contributed by atoms with Crippen molar-refractivity contribution in [3.63, 3.8) is 0 Å². The second kappa shape index (κ2) is 16.7. The number of nitrogen functional groups attached to an aromatic ring is 1. The first-order chi connectivity index (χ1) is 19.9. The monoisotopic (exact) mass is 720 g/mol. The summed E-state index contributed by atoms with van der Waals surface area (Å²) >= 11 is 0. The van der Waals surface area contributed by atoms with Gasteiger partial charge in [-0.1, -0.05) is 6.07 Å². The molecule has 0 aliphatic rings. The van der Waals surface area contributed by atoms with Crippen LogP contribution in [-0.4, -0.2) is 71.3 Å². The van der Waals surface area contributed by atoms with Crippen molar-refractivity contribution in [2.45, 2.75) is 16.7 Å². The zero-order valence-electron chi connectivity index (χ0n) is 24.6. The molecule has 0 unspecified atom stereocenters. The molecule has 1 aromatic heterocycles. The maximum Gasteiger partial charge on any atom is 1.00 e. The number of nitrogens with one attached hydrogen (secondary N) is 2. The Labute approximate surface area is 329 Å². The number of nitrogens with two attached hydrogens (primary N) is 1. The number of fused-ring (bicyclic) bond motifs is 1. The van der Waals surface area contributed by atoms with Gasteiger partial charge in [0.1, 0.15) is 43.2 Å². The third-order valence-corrected chi connectivity index (χ3v) is 7.87. The number of aromatic nitrogens is 3. The Balaban J connectivity index is 0.00000353. The summed E-state index contributed by atoms with van der Waals surface area (Å²) < 4.78 is 103. The van der Waals surface area contributed by atoms with Gasteiger partial charge in [0.2, 0.25) is 11.9 Å². The molecule has 46 heavy (non-hydrogen) atoms. The predicted molar refractivity (Wildman–Crippen MR) is 147 cm³/mol. The van der Waals surface area contributed by atoms with Crippen molar-refractivity contribution < 1.29 is 133 Å². The van der Waals surface area contributed by atoms with Gasteiger partial charge in [0, 0.05) is 12.2 Å². The van der Waals surface area contributed by atoms with Crippen molar-refractivity contribution >= 4 is 75.8 Å². The van der Waals surface area contributed by atoms with Crippen LogP contribution in [0.2, 0.25) is 0 Å². The Hall–Kier alpha value is -1.54. The fourth-order valence-corrected chi connectivity index (χ4v) is 5.19. The van der Waals surface area contributed by atoms with Crippen molar-refractivity contribution in [3.8, 4) is 5.75 Å². The van der Waals surface area contributed by atoms with Gasteiger partial charge >= 0.3 is 88.7 Å². The molecule has 228 valence electrons. The molecule has 0 atom stereocenters. The van der Waals surface area contributed by atoms with Crippen molar-refractivity contribution in [3.05, 3.63) is 48.3 Å². The summed E-state index contributed by atoms with van der Waals surface area (Å²) in [5.74, 6) is -1.43. The number of aryl methyl sites for hydroxylation is 1. The minimum atomic E-state index is -5.16. The van der Waals surface area contributed by atoms with Crippen molar-refractivity contribution in [2.24, 2.45) is 10.2 Å². The van der Waals surface area contributed by atoms with Crippen LogP contribution in [0.3, 0.4) is 0 Å². The molecule has 1 heterocycles. The fraction of sp³-hybridized carbons (Fsp3) is 0.136. The van der Waals surface area contributed by atoms with Crippen LogP contribution in [0.15, 0.2) is 62.5 Å². The minimum Gasteiger partial charge on any atom is -0.748 e. The van der Waals surface area contributed by atoms with Gasteiger partial charge in [-0.15, -0.1) is 10.2 Å². The van der Waals surface area contributed by atoms with Gasteiger partial charge in [-0.05, 0) is 48.7 Å². The molecule has 0 fully saturated rings. The Kier molecular flexibility index (Phi) is 15.4. The van der Waals surface area contributed by atoms with E-state index < -0.39 is 57.3 Å². The van der Waals surface area contributed by atoms with Crippen LogP contribution in [-0.2, 0) is 30.4 Å². The second-order valence-corrected chi connectivity index (χ2v) is 12.9. The van der Waals surface area contributed by atoms with Crippen molar-refractivity contribution in [1.82, 2.24) is 15.0 Å². The van der Waals surface area contributed by atoms with Gasteiger partial charge in [0.25, 0.3) is 0 Å². The molecule has 0 amide bonds. The molecule has 18 nitrogen and oxygen atoms in total. The van der Waals surface area contributed by atoms with Gasteiger partial charge in [-0.25, -0.2) is 25.3 Å². The smallest absolute Gasteiger partial charge is 0.748 e. The van der Waals surface area contributed by atoms with Crippen LogP contribution in [0, 0.1) is 6.92 Å². The molecule has 0 aliphatic heterocycles. The second-order valence-electron chi connectivity index (χ2n) is 8.68. The maximum absolute atomic E-state index is 12.1. The number of rotatable bonds is 10. The maximum atomic E-state index is 12.1. The summed E-state index contributed by atoms with van der Waals surface area (Å²) in [7, 11) is -14.6. The quantitative estimate of drug-likeness (QED) is 0.0512. The minimum absolute atomic E-state index is 0. The molecule has 24 heteroatoms. The van der Waals surface area contributed by atoms with E-state index in [9.17, 15) is 44.0 Å². The zero-order chi connectivity index (χ0) is 31.7. The number of azo groups is 1. The molecule has 4 rings (SSSR count). The number of phenols is 1. The standard InChI is InChI=1S/C22H22N8O10S3.3Na/c1-11-25-21(24-6-7-41(32,33)34)28-22(26-11)27-13-3-5-16(18(9-13)43(38,39)40)29-30-20-15(23)4-2-12-8-14(42(35,36)37)10-17(31)19(12)20;;;/h2-5,8-10,31H,6-7,23H2,1H3,(H,32,33,34)(H,35,36,37)(H,38,39,40)(H2,24,25,26,27,28);;;/q;3*+1/p-3. The molecule has 0 radical (unpaired) electrons. The van der Waals surface area contributed by atoms with E-state index in [-0.39, 0.29) is 141 Å². The normalized spacial score (nSPS) is 11.7. The Morgan fingerprint density at radius 3 is 2.11 bits per heavy atom. The molecule has 4 aromatic rings. The van der Waals surface area contributed by atoms with Gasteiger partial charge in [-0.3, -0.25) is 0 Å². The Morgan fingerprint density at radius 2 is 1.50 bits per heavy atom. The van der Waals surface area contributed by atoms with Crippen molar-refractivity contribution in [2.75, 3.05) is 28.7 Å². The summed E-state index contributed by atoms with van der Waals surface area (Å²) in [6, 6.07) is 7.63. The molecule has 0 aliphatic carbocycles. The number of aromatic hydroxyl groups is 1. The number of hydrogen-bond acceptors (Lipinski definition) is 18. The van der Waals surface area contributed by atoms with E-state index in [1.807, 2.05) is 0 Å². The number of hydrogen-bond donors (Lipinski definition) is 4. The van der Waals surface area contributed by atoms with Gasteiger partial charge in [-0.2, -0.15) is 15.0 Å². The molecule has 0 bridgehead atoms. The predicted octanol–water partition coefficient (Wildman–Crippen LogP) is -7.44. The van der Waals surface area contributed by atoms with E-state index in [1.54, 1.807) is 0 Å². The number of phenolic OH excluding ortho intramolecular Hbond substituents is 1. The van der Waals surface area contributed by atoms with Crippen LogP contribution < -0.4 is 105 Å². The first kappa shape index (κ1) is 42.5. The SMILES string of the molecule is Cc1nc(NCCS(=O)(=O)[O-])nc(Nc2ccc(N=Nc3c(N)ccc4cc(S(=O)(=O)[O-])cc(O)c34)c(S(=O)(=O)[O-])c2)n1.[Na+].[Na+].[Na+]. The summed E-state index contributed by atoms with van der Waals surface area (Å²) in [4.78, 5) is 10.4. The summed E-state index contributed by atoms with van der Waals surface area (Å²) in [5.41, 5.74) is 5.28. The van der Waals surface area contributed by atoms with Crippen LogP contribution in [0.25, 0.3) is 10.8 Å². The molecule has 0 saturated heterocycles. The van der Waals surface area contributed by atoms with E-state index in [0.717, 1.165) is 18.2 Å². The van der Waals surface area contributed by atoms with E-state index in [2.05, 4.69) is 35.8 Å². The van der Waals surface area contributed by atoms with E-state index in [1.165, 1.54) is 25.1 Å².